The maximum absolute atomic E-state index is 15.2. The highest BCUT2D eigenvalue weighted by atomic mass is 16.2. The van der Waals surface area contributed by atoms with Crippen LogP contribution in [0.25, 0.3) is 97.0 Å². The molecule has 64 heavy (non-hydrogen) atoms. The van der Waals surface area contributed by atoms with Crippen LogP contribution >= 0.6 is 0 Å². The van der Waals surface area contributed by atoms with Gasteiger partial charge in [0, 0.05) is 22.9 Å². The first kappa shape index (κ1) is 42.1. The predicted molar refractivity (Wildman–Crippen MR) is 273 cm³/mol. The van der Waals surface area contributed by atoms with E-state index in [1.54, 1.807) is 9.13 Å². The fourth-order valence-corrected chi connectivity index (χ4v) is 11.8. The molecule has 0 atom stereocenters. The number of hydrogen-bond donors (Lipinski definition) is 0. The Morgan fingerprint density at radius 1 is 0.328 bits per heavy atom. The Morgan fingerprint density at radius 2 is 0.656 bits per heavy atom. The molecule has 10 aromatic rings. The largest absolute Gasteiger partial charge is 0.271 e. The molecule has 6 nitrogen and oxygen atoms in total. The average molecular weight is 849 g/mol. The summed E-state index contributed by atoms with van der Waals surface area (Å²) in [6.45, 7) is 8.76. The van der Waals surface area contributed by atoms with Crippen molar-refractivity contribution in [3.05, 3.63) is 126 Å². The van der Waals surface area contributed by atoms with Crippen LogP contribution in [0.1, 0.15) is 143 Å². The lowest BCUT2D eigenvalue weighted by molar-refractivity contribution is 0.389. The molecule has 0 aliphatic carbocycles. The lowest BCUT2D eigenvalue weighted by Crippen LogP contribution is -2.30. The summed E-state index contributed by atoms with van der Waals surface area (Å²) in [6.07, 6.45) is 15.7. The van der Waals surface area contributed by atoms with Crippen molar-refractivity contribution >= 4 is 97.0 Å². The minimum atomic E-state index is -0.185. The standard InChI is InChI=1S/C58H60N2O4/c1-5-9-13-21-37(22-14-10-6-2)59-55(61)51-41-27-19-17-25-39(41)45-33-35-29-30-36-34-46-40-26-18-20-28-42(40)52-54(58(64)60(56(52)62)38(23-15-11-7-3)24-16-12-8-4)50(46)44-32-31-43(47(35)48(36)44)49(45)53(51)57(59)63/h17-20,25-34,37-38H,5-16,21-24H2,1-4H3. The summed E-state index contributed by atoms with van der Waals surface area (Å²) in [5, 5.41) is 15.1. The van der Waals surface area contributed by atoms with Crippen molar-refractivity contribution in [2.24, 2.45) is 0 Å². The number of unbranched alkanes of at least 4 members (excludes halogenated alkanes) is 8. The van der Waals surface area contributed by atoms with Crippen molar-refractivity contribution in [1.82, 2.24) is 9.13 Å². The Morgan fingerprint density at radius 3 is 1.00 bits per heavy atom. The lowest BCUT2D eigenvalue weighted by Gasteiger charge is -2.18. The summed E-state index contributed by atoms with van der Waals surface area (Å²) in [5.41, 5.74) is -0.721. The number of aromatic nitrogens is 2. The summed E-state index contributed by atoms with van der Waals surface area (Å²) in [5.74, 6) is 0. The van der Waals surface area contributed by atoms with Gasteiger partial charge in [-0.25, -0.2) is 0 Å². The quantitative estimate of drug-likeness (QED) is 0.0489. The van der Waals surface area contributed by atoms with E-state index >= 15 is 9.59 Å². The van der Waals surface area contributed by atoms with Gasteiger partial charge in [0.1, 0.15) is 0 Å². The Hall–Kier alpha value is -5.88. The van der Waals surface area contributed by atoms with Crippen molar-refractivity contribution in [2.75, 3.05) is 0 Å². The molecule has 10 rings (SSSR count). The topological polar surface area (TPSA) is 78.1 Å². The number of hydrogen-bond acceptors (Lipinski definition) is 4. The predicted octanol–water partition coefficient (Wildman–Crippen LogP) is 14.8. The van der Waals surface area contributed by atoms with Gasteiger partial charge in [0.15, 0.2) is 0 Å². The van der Waals surface area contributed by atoms with Gasteiger partial charge < -0.3 is 0 Å². The molecule has 0 aliphatic rings. The van der Waals surface area contributed by atoms with Crippen molar-refractivity contribution < 1.29 is 0 Å². The highest BCUT2D eigenvalue weighted by Gasteiger charge is 2.29. The lowest BCUT2D eigenvalue weighted by atomic mass is 9.85. The second-order valence-electron chi connectivity index (χ2n) is 18.9. The molecular formula is C58H60N2O4. The third kappa shape index (κ3) is 6.49. The molecule has 0 saturated carbocycles. The Labute approximate surface area is 373 Å². The summed E-state index contributed by atoms with van der Waals surface area (Å²) in [7, 11) is 0. The number of rotatable bonds is 18. The number of fused-ring (bicyclic) bond motifs is 14. The summed E-state index contributed by atoms with van der Waals surface area (Å²) in [4.78, 5) is 60.3. The second-order valence-corrected chi connectivity index (χ2v) is 18.9. The van der Waals surface area contributed by atoms with Gasteiger partial charge in [-0.1, -0.05) is 178 Å². The van der Waals surface area contributed by atoms with Crippen LogP contribution < -0.4 is 22.2 Å². The zero-order valence-electron chi connectivity index (χ0n) is 38.1. The number of benzene rings is 8. The smallest absolute Gasteiger partial charge is 0.262 e. The highest BCUT2D eigenvalue weighted by molar-refractivity contribution is 6.42. The van der Waals surface area contributed by atoms with Gasteiger partial charge in [0.2, 0.25) is 0 Å². The molecule has 8 aromatic carbocycles. The molecule has 0 saturated heterocycles. The van der Waals surface area contributed by atoms with Gasteiger partial charge in [-0.05, 0) is 102 Å². The molecule has 2 aromatic heterocycles. The molecule has 0 fully saturated rings. The molecule has 0 spiro atoms. The molecule has 0 unspecified atom stereocenters. The summed E-state index contributed by atoms with van der Waals surface area (Å²) >= 11 is 0. The van der Waals surface area contributed by atoms with Gasteiger partial charge in [-0.2, -0.15) is 0 Å². The van der Waals surface area contributed by atoms with E-state index in [1.165, 1.54) is 0 Å². The molecule has 0 N–H and O–H groups in total. The monoisotopic (exact) mass is 848 g/mol. The molecule has 0 radical (unpaired) electrons. The van der Waals surface area contributed by atoms with Crippen LogP contribution in [0, 0.1) is 0 Å². The highest BCUT2D eigenvalue weighted by Crippen LogP contribution is 2.47. The van der Waals surface area contributed by atoms with E-state index in [0.29, 0.717) is 21.5 Å². The summed E-state index contributed by atoms with van der Waals surface area (Å²) < 4.78 is 3.27. The number of nitrogens with zero attached hydrogens (tertiary/aromatic N) is 2. The summed E-state index contributed by atoms with van der Waals surface area (Å²) in [6, 6.07) is 28.9. The fraction of sp³-hybridized carbons (Fsp3) is 0.379. The normalized spacial score (nSPS) is 12.7. The third-order valence-electron chi connectivity index (χ3n) is 14.9. The minimum Gasteiger partial charge on any atom is -0.271 e. The molecular weight excluding hydrogens is 789 g/mol. The zero-order chi connectivity index (χ0) is 44.2. The van der Waals surface area contributed by atoms with E-state index in [1.807, 2.05) is 36.4 Å². The van der Waals surface area contributed by atoms with Crippen molar-refractivity contribution in [3.8, 4) is 0 Å². The third-order valence-corrected chi connectivity index (χ3v) is 14.9. The van der Waals surface area contributed by atoms with Gasteiger partial charge in [-0.3, -0.25) is 28.3 Å². The van der Waals surface area contributed by atoms with E-state index in [0.717, 1.165) is 178 Å². The van der Waals surface area contributed by atoms with Crippen molar-refractivity contribution in [2.45, 2.75) is 143 Å². The van der Waals surface area contributed by atoms with Crippen molar-refractivity contribution in [3.63, 3.8) is 0 Å². The molecule has 0 aliphatic heterocycles. The van der Waals surface area contributed by atoms with E-state index in [4.69, 9.17) is 0 Å². The van der Waals surface area contributed by atoms with Crippen LogP contribution in [-0.4, -0.2) is 9.13 Å². The van der Waals surface area contributed by atoms with Crippen molar-refractivity contribution in [1.29, 1.82) is 0 Å². The Bertz CT molecular complexity index is 3360. The average Bonchev–Trinajstić information content (AvgIpc) is 3.73. The molecule has 2 heterocycles. The van der Waals surface area contributed by atoms with E-state index in [2.05, 4.69) is 76.2 Å². The SMILES string of the molecule is CCCCCC(CCCCC)n1c(=O)c2c3ccccc3c3cc4ccc5cc6c7ccccc7c7c(=O)n(C(CCCCC)CCCCC)c(=O)c7c6c6ccc(c3c2c1=O)c4c56. The van der Waals surface area contributed by atoms with E-state index < -0.39 is 0 Å². The molecule has 326 valence electrons. The van der Waals surface area contributed by atoms with Gasteiger partial charge >= 0.3 is 0 Å². The van der Waals surface area contributed by atoms with Gasteiger partial charge in [0.25, 0.3) is 22.2 Å². The molecule has 0 bridgehead atoms. The van der Waals surface area contributed by atoms with Crippen LogP contribution in [0.3, 0.4) is 0 Å². The van der Waals surface area contributed by atoms with Gasteiger partial charge in [0.05, 0.1) is 21.5 Å². The van der Waals surface area contributed by atoms with E-state index in [9.17, 15) is 9.59 Å². The molecule has 0 amide bonds. The van der Waals surface area contributed by atoms with Crippen LogP contribution in [0.5, 0.6) is 0 Å². The molecule has 6 heteroatoms. The second kappa shape index (κ2) is 17.3. The van der Waals surface area contributed by atoms with Crippen LogP contribution in [0.15, 0.2) is 104 Å². The fourth-order valence-electron chi connectivity index (χ4n) is 11.8. The maximum Gasteiger partial charge on any atom is 0.262 e. The van der Waals surface area contributed by atoms with Crippen LogP contribution in [0.2, 0.25) is 0 Å². The zero-order valence-corrected chi connectivity index (χ0v) is 38.1. The Kier molecular flexibility index (Phi) is 11.3. The first-order valence-corrected chi connectivity index (χ1v) is 24.6. The maximum atomic E-state index is 15.2. The van der Waals surface area contributed by atoms with Gasteiger partial charge in [-0.15, -0.1) is 0 Å². The van der Waals surface area contributed by atoms with Crippen LogP contribution in [0.4, 0.5) is 0 Å². The van der Waals surface area contributed by atoms with E-state index in [-0.39, 0.29) is 34.3 Å². The van der Waals surface area contributed by atoms with Crippen LogP contribution in [-0.2, 0) is 0 Å². The minimum absolute atomic E-state index is 0.153. The first-order valence-electron chi connectivity index (χ1n) is 24.6. The Balaban J connectivity index is 1.32. The first-order chi connectivity index (χ1) is 31.3.